The summed E-state index contributed by atoms with van der Waals surface area (Å²) in [6.07, 6.45) is -0.936. The summed E-state index contributed by atoms with van der Waals surface area (Å²) in [6.45, 7) is 6.08. The van der Waals surface area contributed by atoms with Gasteiger partial charge >= 0.3 is 5.97 Å². The molecule has 0 unspecified atom stereocenters. The van der Waals surface area contributed by atoms with Crippen molar-refractivity contribution in [3.05, 3.63) is 35.1 Å². The van der Waals surface area contributed by atoms with Gasteiger partial charge in [0.15, 0.2) is 23.4 Å². The minimum atomic E-state index is -1.77. The van der Waals surface area contributed by atoms with E-state index in [1.165, 1.54) is 0 Å². The van der Waals surface area contributed by atoms with Crippen molar-refractivity contribution in [1.82, 2.24) is 31.5 Å². The molecule has 0 aliphatic carbocycles. The molecule has 1 saturated heterocycles. The third-order valence-electron chi connectivity index (χ3n) is 9.75. The van der Waals surface area contributed by atoms with Crippen LogP contribution in [0.1, 0.15) is 78.2 Å². The average molecular weight is 900 g/mol. The number of hydrogen-bond acceptors (Lipinski definition) is 11. The van der Waals surface area contributed by atoms with Gasteiger partial charge in [0.05, 0.1) is 13.0 Å². The lowest BCUT2D eigenvalue weighted by Gasteiger charge is -2.29. The van der Waals surface area contributed by atoms with Gasteiger partial charge < -0.3 is 64.6 Å². The number of halogens is 3. The molecule has 1 aromatic carbocycles. The maximum absolute atomic E-state index is 14.1. The van der Waals surface area contributed by atoms with E-state index in [1.807, 2.05) is 0 Å². The largest absolute Gasteiger partial charge is 0.480 e. The number of guanidine groups is 1. The van der Waals surface area contributed by atoms with Crippen molar-refractivity contribution in [1.29, 1.82) is 0 Å². The number of aliphatic hydroxyl groups excluding tert-OH is 1. The number of hydrogen-bond donors (Lipinski definition) is 11. The number of carbonyl (C=O) groups is 8. The van der Waals surface area contributed by atoms with Crippen LogP contribution in [-0.2, 0) is 44.8 Å². The van der Waals surface area contributed by atoms with Gasteiger partial charge in [-0.2, -0.15) is 0 Å². The second-order valence-corrected chi connectivity index (χ2v) is 16.1. The van der Waals surface area contributed by atoms with Gasteiger partial charge in [-0.1, -0.05) is 27.7 Å². The maximum Gasteiger partial charge on any atom is 0.326 e. The standard InChI is InChI=1S/C39H60F3N11O10/c1-18(2)11-25(34(58)48-24(7-5-9-47-39(45)46)33(57)52-28(16-30(44)55)37(61)53-10-6-8-29(53)38(62)63)50-35(59)26(12-19(3)4)51-36(60)27(49-32(56)23(43)17-54)15-20-13-21(40)31(42)22(41)14-20/h13-14,18-19,23-29,54H,5-12,15-17,43H2,1-4H3,(H2,44,55)(H,48,58)(H,49,56)(H,50,59)(H,51,60)(H,52,57)(H,62,63)(H4,45,46,47)/t23-,24-,25-,26-,27-,28-,29-/m0/s1. The number of nitrogens with one attached hydrogen (secondary N) is 5. The third-order valence-corrected chi connectivity index (χ3v) is 9.75. The molecule has 1 aliphatic rings. The topological polar surface area (TPSA) is 357 Å². The Morgan fingerprint density at radius 2 is 1.24 bits per heavy atom. The van der Waals surface area contributed by atoms with Crippen LogP contribution in [0.25, 0.3) is 0 Å². The first-order valence-electron chi connectivity index (χ1n) is 20.3. The number of likely N-dealkylation sites (tertiary alicyclic amines) is 1. The fourth-order valence-corrected chi connectivity index (χ4v) is 6.69. The monoisotopic (exact) mass is 899 g/mol. The van der Waals surface area contributed by atoms with Crippen LogP contribution in [0, 0.1) is 29.3 Å². The van der Waals surface area contributed by atoms with E-state index < -0.39 is 127 Å². The van der Waals surface area contributed by atoms with Gasteiger partial charge in [0.1, 0.15) is 42.3 Å². The minimum absolute atomic E-state index is 0.000856. The molecular formula is C39H60F3N11O10. The van der Waals surface area contributed by atoms with E-state index in [-0.39, 0.29) is 68.6 Å². The maximum atomic E-state index is 14.1. The SMILES string of the molecule is CC(C)C[C@H](NC(=O)[C@H](CC(C)C)NC(=O)[C@H](Cc1cc(F)c(F)c(F)c1)NC(=O)[C@@H](N)CO)C(=O)N[C@@H](CCCN=C(N)N)C(=O)N[C@@H](CC(N)=O)C(=O)N1CCC[C@H]1C(=O)O. The van der Waals surface area contributed by atoms with Crippen molar-refractivity contribution in [2.45, 2.75) is 121 Å². The Hall–Kier alpha value is -6.04. The van der Waals surface area contributed by atoms with Gasteiger partial charge in [-0.25, -0.2) is 18.0 Å². The number of aliphatic imine (C=N–C) groups is 1. The van der Waals surface area contributed by atoms with E-state index in [1.54, 1.807) is 27.7 Å². The minimum Gasteiger partial charge on any atom is -0.480 e. The normalized spacial score (nSPS) is 16.5. The van der Waals surface area contributed by atoms with Crippen LogP contribution in [0.4, 0.5) is 13.2 Å². The zero-order valence-corrected chi connectivity index (χ0v) is 35.6. The second kappa shape index (κ2) is 25.2. The Labute approximate surface area is 362 Å². The van der Waals surface area contributed by atoms with Crippen LogP contribution >= 0.6 is 0 Å². The van der Waals surface area contributed by atoms with Gasteiger partial charge in [0.2, 0.25) is 41.4 Å². The molecule has 63 heavy (non-hydrogen) atoms. The molecule has 7 amide bonds. The third kappa shape index (κ3) is 17.3. The fraction of sp³-hybridized carbons (Fsp3) is 0.615. The highest BCUT2D eigenvalue weighted by Gasteiger charge is 2.39. The summed E-state index contributed by atoms with van der Waals surface area (Å²) in [5.74, 6) is -13.7. The Morgan fingerprint density at radius 1 is 0.762 bits per heavy atom. The Kier molecular flexibility index (Phi) is 21.2. The number of amides is 7. The fourth-order valence-electron chi connectivity index (χ4n) is 6.69. The van der Waals surface area contributed by atoms with Crippen LogP contribution in [0.2, 0.25) is 0 Å². The average Bonchev–Trinajstić information content (AvgIpc) is 3.69. The van der Waals surface area contributed by atoms with Gasteiger partial charge in [-0.15, -0.1) is 0 Å². The highest BCUT2D eigenvalue weighted by Crippen LogP contribution is 2.20. The predicted molar refractivity (Wildman–Crippen MR) is 220 cm³/mol. The van der Waals surface area contributed by atoms with Crippen LogP contribution in [0.3, 0.4) is 0 Å². The summed E-state index contributed by atoms with van der Waals surface area (Å²) in [7, 11) is 0. The number of nitrogens with zero attached hydrogens (tertiary/aromatic N) is 2. The van der Waals surface area contributed by atoms with E-state index in [9.17, 15) is 61.7 Å². The molecule has 352 valence electrons. The molecule has 1 aromatic rings. The van der Waals surface area contributed by atoms with Crippen molar-refractivity contribution in [2.24, 2.45) is 39.8 Å². The number of rotatable bonds is 25. The summed E-state index contributed by atoms with van der Waals surface area (Å²) in [5.41, 5.74) is 21.6. The van der Waals surface area contributed by atoms with Crippen LogP contribution in [-0.4, -0.2) is 130 Å². The van der Waals surface area contributed by atoms with E-state index >= 15 is 0 Å². The van der Waals surface area contributed by atoms with E-state index in [2.05, 4.69) is 31.6 Å². The summed E-state index contributed by atoms with van der Waals surface area (Å²) in [5, 5.41) is 31.3. The number of benzene rings is 1. The number of carboxylic acids is 1. The molecular weight excluding hydrogens is 839 g/mol. The van der Waals surface area contributed by atoms with Crippen molar-refractivity contribution in [3.8, 4) is 0 Å². The van der Waals surface area contributed by atoms with Crippen molar-refractivity contribution in [2.75, 3.05) is 19.7 Å². The zero-order chi connectivity index (χ0) is 47.7. The summed E-state index contributed by atoms with van der Waals surface area (Å²) >= 11 is 0. The van der Waals surface area contributed by atoms with Crippen LogP contribution in [0.15, 0.2) is 17.1 Å². The van der Waals surface area contributed by atoms with Gasteiger partial charge in [0.25, 0.3) is 0 Å². The molecule has 0 aromatic heterocycles. The van der Waals surface area contributed by atoms with Gasteiger partial charge in [-0.3, -0.25) is 38.6 Å². The number of aliphatic carboxylic acids is 1. The lowest BCUT2D eigenvalue weighted by molar-refractivity contribution is -0.149. The number of aliphatic hydroxyl groups is 1. The Bertz CT molecular complexity index is 1830. The van der Waals surface area contributed by atoms with Crippen LogP contribution < -0.4 is 49.5 Å². The molecule has 15 N–H and O–H groups in total. The number of carbonyl (C=O) groups excluding carboxylic acids is 7. The molecule has 1 heterocycles. The lowest BCUT2D eigenvalue weighted by atomic mass is 9.98. The Morgan fingerprint density at radius 3 is 1.71 bits per heavy atom. The molecule has 2 rings (SSSR count). The molecule has 7 atom stereocenters. The molecule has 0 radical (unpaired) electrons. The molecule has 1 aliphatic heterocycles. The number of nitrogens with two attached hydrogens (primary N) is 4. The van der Waals surface area contributed by atoms with E-state index in [0.717, 1.165) is 4.90 Å². The first kappa shape index (κ1) is 53.1. The highest BCUT2D eigenvalue weighted by atomic mass is 19.2. The molecule has 0 spiro atoms. The van der Waals surface area contributed by atoms with Gasteiger partial charge in [0, 0.05) is 19.5 Å². The molecule has 24 heteroatoms. The number of carboxylic acid groups (broad SMARTS) is 1. The van der Waals surface area contributed by atoms with Crippen LogP contribution in [0.5, 0.6) is 0 Å². The predicted octanol–water partition coefficient (Wildman–Crippen LogP) is -2.51. The lowest BCUT2D eigenvalue weighted by Crippen LogP contribution is -2.60. The second-order valence-electron chi connectivity index (χ2n) is 16.1. The van der Waals surface area contributed by atoms with Gasteiger partial charge in [-0.05, 0) is 68.1 Å². The van der Waals surface area contributed by atoms with Crippen molar-refractivity contribution in [3.63, 3.8) is 0 Å². The van der Waals surface area contributed by atoms with E-state index in [4.69, 9.17) is 22.9 Å². The Balaban J connectivity index is 2.43. The first-order valence-corrected chi connectivity index (χ1v) is 20.3. The molecule has 1 fully saturated rings. The summed E-state index contributed by atoms with van der Waals surface area (Å²) < 4.78 is 41.9. The summed E-state index contributed by atoms with van der Waals surface area (Å²) in [6, 6.07) is -9.01. The highest BCUT2D eigenvalue weighted by molar-refractivity contribution is 5.98. The molecule has 0 saturated carbocycles. The van der Waals surface area contributed by atoms with E-state index in [0.29, 0.717) is 18.6 Å². The van der Waals surface area contributed by atoms with Crippen molar-refractivity contribution < 1.29 is 61.7 Å². The summed E-state index contributed by atoms with van der Waals surface area (Å²) in [4.78, 5) is 110. The van der Waals surface area contributed by atoms with Crippen molar-refractivity contribution >= 4 is 53.3 Å². The quantitative estimate of drug-likeness (QED) is 0.0209. The molecule has 0 bridgehead atoms. The first-order chi connectivity index (χ1) is 29.4. The zero-order valence-electron chi connectivity index (χ0n) is 35.6. The number of primary amides is 1. The molecule has 21 nitrogen and oxygen atoms in total. The smallest absolute Gasteiger partial charge is 0.326 e.